The van der Waals surface area contributed by atoms with Gasteiger partial charge in [-0.05, 0) is 52.2 Å². The fourth-order valence-corrected chi connectivity index (χ4v) is 4.23. The van der Waals surface area contributed by atoms with Crippen LogP contribution in [0.3, 0.4) is 0 Å². The van der Waals surface area contributed by atoms with Crippen LogP contribution in [-0.2, 0) is 4.74 Å². The normalized spacial score (nSPS) is 16.9. The molecule has 0 aromatic carbocycles. The number of carbonyl (C=O) groups excluding carboxylic acids is 1. The van der Waals surface area contributed by atoms with Crippen molar-refractivity contribution in [2.45, 2.75) is 52.2 Å². The first-order chi connectivity index (χ1) is 15.2. The predicted molar refractivity (Wildman–Crippen MR) is 123 cm³/mol. The minimum atomic E-state index is -0.493. The van der Waals surface area contributed by atoms with Crippen LogP contribution in [0.4, 0.5) is 22.1 Å². The SMILES string of the molecule is Cc1ccnc(Cl)c1Nc1ncnc2c1OCCN2C1CCN(C(=O)OC(C)(C)C)CC1. The van der Waals surface area contributed by atoms with Gasteiger partial charge in [-0.25, -0.2) is 19.7 Å². The number of hydrogen-bond acceptors (Lipinski definition) is 8. The fourth-order valence-electron chi connectivity index (χ4n) is 3.98. The third kappa shape index (κ3) is 4.82. The van der Waals surface area contributed by atoms with Crippen LogP contribution in [0.25, 0.3) is 0 Å². The number of fused-ring (bicyclic) bond motifs is 1. The van der Waals surface area contributed by atoms with E-state index in [0.717, 1.165) is 30.8 Å². The third-order valence-electron chi connectivity index (χ3n) is 5.55. The van der Waals surface area contributed by atoms with Gasteiger partial charge in [0, 0.05) is 25.3 Å². The van der Waals surface area contributed by atoms with E-state index in [4.69, 9.17) is 21.1 Å². The van der Waals surface area contributed by atoms with Crippen LogP contribution in [0.1, 0.15) is 39.2 Å². The minimum absolute atomic E-state index is 0.253. The van der Waals surface area contributed by atoms with Gasteiger partial charge in [0.05, 0.1) is 12.2 Å². The zero-order valence-corrected chi connectivity index (χ0v) is 19.6. The molecule has 0 unspecified atom stereocenters. The van der Waals surface area contributed by atoms with Gasteiger partial charge in [-0.3, -0.25) is 0 Å². The maximum Gasteiger partial charge on any atom is 0.410 e. The molecule has 2 aliphatic rings. The molecule has 32 heavy (non-hydrogen) atoms. The molecule has 172 valence electrons. The van der Waals surface area contributed by atoms with E-state index in [-0.39, 0.29) is 12.1 Å². The monoisotopic (exact) mass is 460 g/mol. The van der Waals surface area contributed by atoms with E-state index in [1.165, 1.54) is 6.33 Å². The number of aryl methyl sites for hydroxylation is 1. The van der Waals surface area contributed by atoms with Gasteiger partial charge in [-0.15, -0.1) is 0 Å². The number of anilines is 3. The molecule has 4 heterocycles. The second-order valence-corrected chi connectivity index (χ2v) is 9.39. The minimum Gasteiger partial charge on any atom is -0.485 e. The summed E-state index contributed by atoms with van der Waals surface area (Å²) in [6.45, 7) is 10.2. The van der Waals surface area contributed by atoms with Crippen LogP contribution >= 0.6 is 11.6 Å². The predicted octanol–water partition coefficient (Wildman–Crippen LogP) is 4.18. The lowest BCUT2D eigenvalue weighted by atomic mass is 10.0. The van der Waals surface area contributed by atoms with Crippen molar-refractivity contribution in [2.75, 3.05) is 36.5 Å². The van der Waals surface area contributed by atoms with Gasteiger partial charge < -0.3 is 24.6 Å². The summed E-state index contributed by atoms with van der Waals surface area (Å²) < 4.78 is 11.5. The topological polar surface area (TPSA) is 92.7 Å². The van der Waals surface area contributed by atoms with E-state index < -0.39 is 5.60 Å². The maximum absolute atomic E-state index is 12.4. The summed E-state index contributed by atoms with van der Waals surface area (Å²) in [5.74, 6) is 1.92. The number of rotatable bonds is 3. The van der Waals surface area contributed by atoms with Crippen LogP contribution in [0.2, 0.25) is 5.15 Å². The number of likely N-dealkylation sites (tertiary alicyclic amines) is 1. The molecule has 1 saturated heterocycles. The lowest BCUT2D eigenvalue weighted by Crippen LogP contribution is -2.50. The molecule has 9 nitrogen and oxygen atoms in total. The lowest BCUT2D eigenvalue weighted by Gasteiger charge is -2.41. The van der Waals surface area contributed by atoms with E-state index in [9.17, 15) is 4.79 Å². The molecule has 1 N–H and O–H groups in total. The van der Waals surface area contributed by atoms with Crippen molar-refractivity contribution >= 4 is 35.0 Å². The molecule has 0 atom stereocenters. The van der Waals surface area contributed by atoms with Crippen molar-refractivity contribution in [1.82, 2.24) is 19.9 Å². The average molecular weight is 461 g/mol. The number of amides is 1. The van der Waals surface area contributed by atoms with Gasteiger partial charge in [0.25, 0.3) is 0 Å². The zero-order valence-electron chi connectivity index (χ0n) is 18.9. The number of piperidine rings is 1. The average Bonchev–Trinajstić information content (AvgIpc) is 2.75. The van der Waals surface area contributed by atoms with Crippen LogP contribution in [0, 0.1) is 6.92 Å². The number of carbonyl (C=O) groups is 1. The molecule has 2 aliphatic heterocycles. The first kappa shape index (κ1) is 22.4. The summed E-state index contributed by atoms with van der Waals surface area (Å²) in [4.78, 5) is 29.5. The largest absolute Gasteiger partial charge is 0.485 e. The smallest absolute Gasteiger partial charge is 0.410 e. The van der Waals surface area contributed by atoms with Gasteiger partial charge in [0.1, 0.15) is 18.5 Å². The molecular weight excluding hydrogens is 432 g/mol. The highest BCUT2D eigenvalue weighted by Gasteiger charge is 2.33. The Morgan fingerprint density at radius 1 is 1.22 bits per heavy atom. The molecule has 2 aromatic heterocycles. The first-order valence-corrected chi connectivity index (χ1v) is 11.2. The highest BCUT2D eigenvalue weighted by Crippen LogP contribution is 2.39. The first-order valence-electron chi connectivity index (χ1n) is 10.8. The molecule has 2 aromatic rings. The molecule has 1 amide bonds. The number of nitrogens with one attached hydrogen (secondary N) is 1. The highest BCUT2D eigenvalue weighted by molar-refractivity contribution is 6.32. The standard InChI is InChI=1S/C22H29ClN6O3/c1-14-5-8-24-18(23)16(14)27-19-17-20(26-13-25-19)29(11-12-31-17)15-6-9-28(10-7-15)21(30)32-22(2,3)4/h5,8,13,15H,6-7,9-12H2,1-4H3,(H,25,26,27). The molecule has 0 radical (unpaired) electrons. The van der Waals surface area contributed by atoms with Gasteiger partial charge in [-0.2, -0.15) is 0 Å². The summed E-state index contributed by atoms with van der Waals surface area (Å²) in [6.07, 6.45) is 4.60. The van der Waals surface area contributed by atoms with Gasteiger partial charge in [0.15, 0.2) is 16.8 Å². The van der Waals surface area contributed by atoms with Crippen molar-refractivity contribution in [2.24, 2.45) is 0 Å². The molecule has 4 rings (SSSR count). The maximum atomic E-state index is 12.4. The summed E-state index contributed by atoms with van der Waals surface area (Å²) in [6, 6.07) is 2.13. The molecule has 0 aliphatic carbocycles. The Balaban J connectivity index is 1.49. The fraction of sp³-hybridized carbons (Fsp3) is 0.545. The van der Waals surface area contributed by atoms with Crippen LogP contribution in [0.5, 0.6) is 5.75 Å². The van der Waals surface area contributed by atoms with Crippen molar-refractivity contribution in [3.63, 3.8) is 0 Å². The quantitative estimate of drug-likeness (QED) is 0.682. The molecule has 1 fully saturated rings. The lowest BCUT2D eigenvalue weighted by molar-refractivity contribution is 0.0203. The molecular formula is C22H29ClN6O3. The molecule has 0 saturated carbocycles. The van der Waals surface area contributed by atoms with E-state index in [1.54, 1.807) is 11.1 Å². The Bertz CT molecular complexity index is 968. The Morgan fingerprint density at radius 3 is 2.66 bits per heavy atom. The third-order valence-corrected chi connectivity index (χ3v) is 5.84. The summed E-state index contributed by atoms with van der Waals surface area (Å²) >= 11 is 6.28. The van der Waals surface area contributed by atoms with E-state index in [0.29, 0.717) is 42.1 Å². The number of ether oxygens (including phenoxy) is 2. The molecule has 0 spiro atoms. The number of aromatic nitrogens is 3. The van der Waals surface area contributed by atoms with Crippen molar-refractivity contribution in [1.29, 1.82) is 0 Å². The number of nitrogens with zero attached hydrogens (tertiary/aromatic N) is 5. The Morgan fingerprint density at radius 2 is 1.97 bits per heavy atom. The van der Waals surface area contributed by atoms with Crippen molar-refractivity contribution in [3.05, 3.63) is 29.3 Å². The number of hydrogen-bond donors (Lipinski definition) is 1. The van der Waals surface area contributed by atoms with E-state index in [1.807, 2.05) is 33.8 Å². The molecule has 0 bridgehead atoms. The zero-order chi connectivity index (χ0) is 22.9. The van der Waals surface area contributed by atoms with E-state index in [2.05, 4.69) is 25.2 Å². The van der Waals surface area contributed by atoms with Crippen LogP contribution in [0.15, 0.2) is 18.6 Å². The van der Waals surface area contributed by atoms with E-state index >= 15 is 0 Å². The van der Waals surface area contributed by atoms with Crippen molar-refractivity contribution < 1.29 is 14.3 Å². The van der Waals surface area contributed by atoms with Gasteiger partial charge in [-0.1, -0.05) is 11.6 Å². The summed E-state index contributed by atoms with van der Waals surface area (Å²) in [7, 11) is 0. The summed E-state index contributed by atoms with van der Waals surface area (Å²) in [5.41, 5.74) is 1.16. The second-order valence-electron chi connectivity index (χ2n) is 9.03. The Hall–Kier alpha value is -2.81. The highest BCUT2D eigenvalue weighted by atomic mass is 35.5. The number of pyridine rings is 1. The molecule has 10 heteroatoms. The van der Waals surface area contributed by atoms with Crippen molar-refractivity contribution in [3.8, 4) is 5.75 Å². The summed E-state index contributed by atoms with van der Waals surface area (Å²) in [5, 5.41) is 3.64. The van der Waals surface area contributed by atoms with Gasteiger partial charge in [0.2, 0.25) is 5.75 Å². The van der Waals surface area contributed by atoms with Crippen LogP contribution < -0.4 is 15.0 Å². The Labute approximate surface area is 193 Å². The van der Waals surface area contributed by atoms with Crippen LogP contribution in [-0.4, -0.2) is 63.8 Å². The van der Waals surface area contributed by atoms with Gasteiger partial charge >= 0.3 is 6.09 Å². The number of halogens is 1. The Kier molecular flexibility index (Phi) is 6.28. The second kappa shape index (κ2) is 8.97.